The maximum atomic E-state index is 12.4. The standard InChI is InChI=1S/C15H12Br2O2S2/c16-14-7-12(15(17)20-14)13(18)8-21(19)11-5-4-9-2-1-3-10(9)6-11/h4-7H,1-3,8H2. The summed E-state index contributed by atoms with van der Waals surface area (Å²) in [6, 6.07) is 7.73. The molecule has 0 N–H and O–H groups in total. The lowest BCUT2D eigenvalue weighted by Crippen LogP contribution is -2.11. The van der Waals surface area contributed by atoms with Crippen LogP contribution < -0.4 is 0 Å². The van der Waals surface area contributed by atoms with Crippen LogP contribution in [0, 0.1) is 0 Å². The van der Waals surface area contributed by atoms with E-state index in [0.717, 1.165) is 25.3 Å². The van der Waals surface area contributed by atoms with Gasteiger partial charge in [-0.1, -0.05) is 6.07 Å². The largest absolute Gasteiger partial charge is 0.293 e. The van der Waals surface area contributed by atoms with Gasteiger partial charge >= 0.3 is 0 Å². The quantitative estimate of drug-likeness (QED) is 0.633. The van der Waals surface area contributed by atoms with Crippen molar-refractivity contribution >= 4 is 59.8 Å². The van der Waals surface area contributed by atoms with E-state index in [4.69, 9.17) is 0 Å². The molecule has 2 aromatic rings. The van der Waals surface area contributed by atoms with Crippen LogP contribution in [-0.4, -0.2) is 15.7 Å². The number of rotatable bonds is 4. The van der Waals surface area contributed by atoms with Crippen molar-refractivity contribution in [2.24, 2.45) is 0 Å². The highest BCUT2D eigenvalue weighted by Crippen LogP contribution is 2.32. The second kappa shape index (κ2) is 6.44. The van der Waals surface area contributed by atoms with E-state index >= 15 is 0 Å². The van der Waals surface area contributed by atoms with Gasteiger partial charge in [-0.3, -0.25) is 9.00 Å². The molecule has 6 heteroatoms. The average molecular weight is 448 g/mol. The number of halogens is 2. The summed E-state index contributed by atoms with van der Waals surface area (Å²) in [5, 5.41) is 0. The third-order valence-corrected chi connectivity index (χ3v) is 7.20. The summed E-state index contributed by atoms with van der Waals surface area (Å²) in [5.41, 5.74) is 3.24. The van der Waals surface area contributed by atoms with E-state index < -0.39 is 10.8 Å². The average Bonchev–Trinajstić information content (AvgIpc) is 3.03. The Balaban J connectivity index is 1.77. The molecule has 0 amide bonds. The predicted octanol–water partition coefficient (Wildman–Crippen LogP) is 4.75. The summed E-state index contributed by atoms with van der Waals surface area (Å²) in [4.78, 5) is 13.0. The lowest BCUT2D eigenvalue weighted by molar-refractivity contribution is 0.102. The molecular weight excluding hydrogens is 436 g/mol. The van der Waals surface area contributed by atoms with Gasteiger partial charge in [0.2, 0.25) is 0 Å². The van der Waals surface area contributed by atoms with Gasteiger partial charge in [0.15, 0.2) is 5.78 Å². The van der Waals surface area contributed by atoms with E-state index in [1.165, 1.54) is 28.9 Å². The first-order chi connectivity index (χ1) is 10.0. The minimum Gasteiger partial charge on any atom is -0.293 e. The van der Waals surface area contributed by atoms with Crippen LogP contribution in [0.15, 0.2) is 36.7 Å². The molecule has 0 aliphatic heterocycles. The molecule has 2 nitrogen and oxygen atoms in total. The van der Waals surface area contributed by atoms with E-state index in [0.29, 0.717) is 5.56 Å². The number of thiophene rings is 1. The molecule has 0 spiro atoms. The number of fused-ring (bicyclic) bond motifs is 1. The molecular formula is C15H12Br2O2S2. The van der Waals surface area contributed by atoms with E-state index in [1.54, 1.807) is 6.07 Å². The maximum absolute atomic E-state index is 12.4. The Hall–Kier alpha value is -0.300. The Labute approximate surface area is 146 Å². The van der Waals surface area contributed by atoms with Crippen molar-refractivity contribution in [3.8, 4) is 0 Å². The summed E-state index contributed by atoms with van der Waals surface area (Å²) in [6.45, 7) is 0. The van der Waals surface area contributed by atoms with Crippen LogP contribution in [0.25, 0.3) is 0 Å². The molecule has 0 radical (unpaired) electrons. The third kappa shape index (κ3) is 3.38. The monoisotopic (exact) mass is 446 g/mol. The number of hydrogen-bond acceptors (Lipinski definition) is 3. The number of ketones is 1. The zero-order valence-corrected chi connectivity index (χ0v) is 15.8. The molecule has 110 valence electrons. The highest BCUT2D eigenvalue weighted by molar-refractivity contribution is 9.12. The fourth-order valence-corrected chi connectivity index (χ4v) is 6.41. The number of benzene rings is 1. The molecule has 0 bridgehead atoms. The Morgan fingerprint density at radius 2 is 1.95 bits per heavy atom. The predicted molar refractivity (Wildman–Crippen MR) is 93.8 cm³/mol. The van der Waals surface area contributed by atoms with Crippen molar-refractivity contribution in [2.75, 3.05) is 5.75 Å². The van der Waals surface area contributed by atoms with E-state index in [1.807, 2.05) is 12.1 Å². The van der Waals surface area contributed by atoms with Gasteiger partial charge in [-0.2, -0.15) is 0 Å². The van der Waals surface area contributed by atoms with Gasteiger partial charge in [-0.15, -0.1) is 11.3 Å². The molecule has 1 unspecified atom stereocenters. The van der Waals surface area contributed by atoms with Crippen LogP contribution in [-0.2, 0) is 23.6 Å². The zero-order chi connectivity index (χ0) is 15.0. The number of aryl methyl sites for hydroxylation is 2. The van der Waals surface area contributed by atoms with Crippen molar-refractivity contribution in [3.63, 3.8) is 0 Å². The second-order valence-electron chi connectivity index (χ2n) is 4.93. The summed E-state index contributed by atoms with van der Waals surface area (Å²) in [6.07, 6.45) is 3.33. The third-order valence-electron chi connectivity index (χ3n) is 3.55. The molecule has 1 atom stereocenters. The molecule has 3 rings (SSSR count). The van der Waals surface area contributed by atoms with E-state index in [9.17, 15) is 9.00 Å². The fourth-order valence-electron chi connectivity index (χ4n) is 2.50. The smallest absolute Gasteiger partial charge is 0.177 e. The summed E-state index contributed by atoms with van der Waals surface area (Å²) >= 11 is 8.18. The normalized spacial score (nSPS) is 15.0. The van der Waals surface area contributed by atoms with Gasteiger partial charge < -0.3 is 0 Å². The molecule has 0 fully saturated rings. The Kier molecular flexibility index (Phi) is 4.78. The number of Topliss-reactive ketones (excluding diaryl/α,β-unsaturated/α-hetero) is 1. The first-order valence-corrected chi connectivity index (χ1v) is 10.2. The molecule has 1 aromatic carbocycles. The van der Waals surface area contributed by atoms with E-state index in [-0.39, 0.29) is 11.5 Å². The highest BCUT2D eigenvalue weighted by atomic mass is 79.9. The minimum absolute atomic E-state index is 0.0283. The highest BCUT2D eigenvalue weighted by Gasteiger charge is 2.19. The molecule has 1 heterocycles. The van der Waals surface area contributed by atoms with Gasteiger partial charge in [0.1, 0.15) is 0 Å². The topological polar surface area (TPSA) is 34.1 Å². The van der Waals surface area contributed by atoms with Crippen molar-refractivity contribution in [1.29, 1.82) is 0 Å². The summed E-state index contributed by atoms with van der Waals surface area (Å²) < 4.78 is 14.1. The van der Waals surface area contributed by atoms with Gasteiger partial charge in [0.05, 0.1) is 24.1 Å². The number of carbonyl (C=O) groups is 1. The maximum Gasteiger partial charge on any atom is 0.177 e. The first kappa shape index (κ1) is 15.6. The Morgan fingerprint density at radius 1 is 1.19 bits per heavy atom. The van der Waals surface area contributed by atoms with Gasteiger partial charge in [0, 0.05) is 10.5 Å². The van der Waals surface area contributed by atoms with Crippen molar-refractivity contribution < 1.29 is 9.00 Å². The van der Waals surface area contributed by atoms with Crippen molar-refractivity contribution in [3.05, 3.63) is 48.5 Å². The SMILES string of the molecule is O=C(CS(=O)c1ccc2c(c1)CCC2)c1cc(Br)sc1Br. The molecule has 21 heavy (non-hydrogen) atoms. The van der Waals surface area contributed by atoms with Crippen LogP contribution in [0.2, 0.25) is 0 Å². The van der Waals surface area contributed by atoms with Gasteiger partial charge in [0.25, 0.3) is 0 Å². The van der Waals surface area contributed by atoms with Crippen LogP contribution in [0.1, 0.15) is 27.9 Å². The molecule has 1 aliphatic carbocycles. The van der Waals surface area contributed by atoms with Crippen molar-refractivity contribution in [2.45, 2.75) is 24.2 Å². The summed E-state index contributed by atoms with van der Waals surface area (Å²) in [7, 11) is -1.29. The fraction of sp³-hybridized carbons (Fsp3) is 0.267. The minimum atomic E-state index is -1.29. The van der Waals surface area contributed by atoms with Crippen LogP contribution >= 0.6 is 43.2 Å². The number of carbonyl (C=O) groups excluding carboxylic acids is 1. The van der Waals surface area contributed by atoms with Crippen LogP contribution in [0.5, 0.6) is 0 Å². The van der Waals surface area contributed by atoms with Gasteiger partial charge in [-0.05, 0) is 80.4 Å². The Bertz CT molecular complexity index is 737. The molecule has 0 saturated heterocycles. The van der Waals surface area contributed by atoms with Gasteiger partial charge in [-0.25, -0.2) is 0 Å². The lowest BCUT2D eigenvalue weighted by Gasteiger charge is -2.05. The molecule has 0 saturated carbocycles. The lowest BCUT2D eigenvalue weighted by atomic mass is 10.1. The van der Waals surface area contributed by atoms with Crippen molar-refractivity contribution in [1.82, 2.24) is 0 Å². The molecule has 1 aromatic heterocycles. The first-order valence-electron chi connectivity index (χ1n) is 6.53. The number of hydrogen-bond donors (Lipinski definition) is 0. The zero-order valence-electron chi connectivity index (χ0n) is 11.0. The molecule has 1 aliphatic rings. The Morgan fingerprint density at radius 3 is 2.67 bits per heavy atom. The van der Waals surface area contributed by atoms with Crippen LogP contribution in [0.4, 0.5) is 0 Å². The van der Waals surface area contributed by atoms with E-state index in [2.05, 4.69) is 37.9 Å². The summed E-state index contributed by atoms with van der Waals surface area (Å²) in [5.74, 6) is -0.0664. The second-order valence-corrected chi connectivity index (χ2v) is 10.1. The van der Waals surface area contributed by atoms with Crippen LogP contribution in [0.3, 0.4) is 0 Å².